The van der Waals surface area contributed by atoms with E-state index in [-0.39, 0.29) is 0 Å². The van der Waals surface area contributed by atoms with Gasteiger partial charge < -0.3 is 0 Å². The van der Waals surface area contributed by atoms with Gasteiger partial charge in [-0.15, -0.1) is 0 Å². The van der Waals surface area contributed by atoms with Crippen molar-refractivity contribution < 1.29 is 0 Å². The largest absolute Gasteiger partial charge is 0.114 e. The molecule has 4 aromatic carbocycles. The van der Waals surface area contributed by atoms with Gasteiger partial charge in [0, 0.05) is 0 Å². The minimum absolute atomic E-state index is 0.744. The summed E-state index contributed by atoms with van der Waals surface area (Å²) < 4.78 is 0. The van der Waals surface area contributed by atoms with Gasteiger partial charge in [0.05, 0.1) is 0 Å². The highest BCUT2D eigenvalue weighted by Gasteiger charge is 2.11. The molecule has 0 fully saturated rings. The van der Waals surface area contributed by atoms with Gasteiger partial charge in [0.2, 0.25) is 0 Å². The van der Waals surface area contributed by atoms with E-state index in [4.69, 9.17) is 23.5 Å². The minimum atomic E-state index is 0.744. The Morgan fingerprint density at radius 2 is 0.714 bits per heavy atom. The zero-order valence-corrected chi connectivity index (χ0v) is 11.4. The fraction of sp³-hybridized carbons (Fsp3) is 0. The van der Waals surface area contributed by atoms with E-state index in [0.29, 0.717) is 0 Å². The van der Waals surface area contributed by atoms with Gasteiger partial charge in [-0.3, -0.25) is 0 Å². The Labute approximate surface area is 127 Å². The zero-order valence-electron chi connectivity index (χ0n) is 11.4. The standard InChI is InChI=1S/C18H9B3/c19-13-7-1-4-10-16(13)11-5-2-9-15(21)18(11)12-6-3-8-14(20)17(10)12/h1-9H. The molecule has 0 heterocycles. The van der Waals surface area contributed by atoms with Crippen LogP contribution in [0.3, 0.4) is 0 Å². The van der Waals surface area contributed by atoms with Gasteiger partial charge in [0.15, 0.2) is 0 Å². The van der Waals surface area contributed by atoms with Crippen LogP contribution in [0.2, 0.25) is 0 Å². The first-order chi connectivity index (χ1) is 10.2. The summed E-state index contributed by atoms with van der Waals surface area (Å²) in [6.07, 6.45) is 0. The van der Waals surface area contributed by atoms with Crippen LogP contribution in [0.25, 0.3) is 32.3 Å². The van der Waals surface area contributed by atoms with Gasteiger partial charge in [0.25, 0.3) is 0 Å². The van der Waals surface area contributed by atoms with Crippen LogP contribution in [0, 0.1) is 0 Å². The molecule has 0 N–H and O–H groups in total. The maximum atomic E-state index is 6.23. The van der Waals surface area contributed by atoms with Gasteiger partial charge in [-0.25, -0.2) is 0 Å². The molecule has 0 atom stereocenters. The Morgan fingerprint density at radius 3 is 1.00 bits per heavy atom. The number of hydrogen-bond donors (Lipinski definition) is 0. The van der Waals surface area contributed by atoms with Crippen LogP contribution in [0.5, 0.6) is 0 Å². The summed E-state index contributed by atoms with van der Waals surface area (Å²) in [4.78, 5) is 0. The normalized spacial score (nSPS) is 11.4. The molecule has 4 rings (SSSR count). The average molecular weight is 258 g/mol. The molecule has 3 heteroatoms. The molecule has 0 saturated heterocycles. The summed E-state index contributed by atoms with van der Waals surface area (Å²) in [7, 11) is 18.7. The Morgan fingerprint density at radius 1 is 0.429 bits per heavy atom. The average Bonchev–Trinajstić information content (AvgIpc) is 2.47. The Kier molecular flexibility index (Phi) is 2.65. The quantitative estimate of drug-likeness (QED) is 0.331. The third kappa shape index (κ3) is 1.67. The number of hydrogen-bond acceptors (Lipinski definition) is 0. The van der Waals surface area contributed by atoms with E-state index in [2.05, 4.69) is 18.2 Å². The molecule has 0 aliphatic rings. The van der Waals surface area contributed by atoms with Crippen molar-refractivity contribution in [3.63, 3.8) is 0 Å². The lowest BCUT2D eigenvalue weighted by molar-refractivity contribution is 1.83. The van der Waals surface area contributed by atoms with Gasteiger partial charge in [-0.05, 0) is 32.3 Å². The molecular formula is C18H9B3. The third-order valence-corrected chi connectivity index (χ3v) is 4.10. The van der Waals surface area contributed by atoms with Gasteiger partial charge in [0.1, 0.15) is 23.5 Å². The summed E-state index contributed by atoms with van der Waals surface area (Å²) in [5, 5.41) is 6.27. The fourth-order valence-corrected chi connectivity index (χ4v) is 3.24. The molecule has 0 amide bonds. The predicted octanol–water partition coefficient (Wildman–Crippen LogP) is 1.53. The molecular weight excluding hydrogens is 249 g/mol. The molecule has 0 aromatic heterocycles. The van der Waals surface area contributed by atoms with Crippen LogP contribution in [0.1, 0.15) is 0 Å². The van der Waals surface area contributed by atoms with Gasteiger partial charge in [-0.1, -0.05) is 71.0 Å². The monoisotopic (exact) mass is 258 g/mol. The Bertz CT molecular complexity index is 856. The molecule has 0 aliphatic carbocycles. The second kappa shape index (κ2) is 4.43. The maximum Gasteiger partial charge on any atom is 0.114 e. The highest BCUT2D eigenvalue weighted by atomic mass is 14.1. The lowest BCUT2D eigenvalue weighted by atomic mass is 9.78. The van der Waals surface area contributed by atoms with E-state index >= 15 is 0 Å². The summed E-state index contributed by atoms with van der Waals surface area (Å²) in [5.41, 5.74) is 2.23. The van der Waals surface area contributed by atoms with E-state index in [0.717, 1.165) is 48.7 Å². The van der Waals surface area contributed by atoms with Crippen molar-refractivity contribution in [1.82, 2.24) is 0 Å². The van der Waals surface area contributed by atoms with Gasteiger partial charge in [-0.2, -0.15) is 0 Å². The number of rotatable bonds is 0. The van der Waals surface area contributed by atoms with Crippen molar-refractivity contribution in [1.29, 1.82) is 0 Å². The van der Waals surface area contributed by atoms with Crippen LogP contribution in [0.15, 0.2) is 54.6 Å². The maximum absolute atomic E-state index is 6.23. The topological polar surface area (TPSA) is 0 Å². The van der Waals surface area contributed by atoms with Crippen LogP contribution in [0.4, 0.5) is 0 Å². The van der Waals surface area contributed by atoms with E-state index < -0.39 is 0 Å². The van der Waals surface area contributed by atoms with Crippen LogP contribution >= 0.6 is 0 Å². The SMILES string of the molecule is [B]c1cccc2c1c1cccc([B])c1c1cccc([B])c21. The zero-order chi connectivity index (χ0) is 14.6. The first-order valence-corrected chi connectivity index (χ1v) is 6.85. The summed E-state index contributed by atoms with van der Waals surface area (Å²) >= 11 is 0. The van der Waals surface area contributed by atoms with Crippen molar-refractivity contribution in [3.8, 4) is 0 Å². The predicted molar refractivity (Wildman–Crippen MR) is 95.1 cm³/mol. The van der Waals surface area contributed by atoms with Crippen molar-refractivity contribution in [2.45, 2.75) is 0 Å². The molecule has 0 bridgehead atoms. The summed E-state index contributed by atoms with van der Waals surface area (Å²) in [5.74, 6) is 0. The van der Waals surface area contributed by atoms with Crippen molar-refractivity contribution in [3.05, 3.63) is 54.6 Å². The van der Waals surface area contributed by atoms with E-state index in [1.165, 1.54) is 0 Å². The lowest BCUT2D eigenvalue weighted by Gasteiger charge is -2.16. The molecule has 0 saturated carbocycles. The van der Waals surface area contributed by atoms with Crippen LogP contribution in [-0.4, -0.2) is 23.5 Å². The van der Waals surface area contributed by atoms with E-state index in [1.54, 1.807) is 0 Å². The first-order valence-electron chi connectivity index (χ1n) is 6.85. The molecule has 21 heavy (non-hydrogen) atoms. The molecule has 0 nitrogen and oxygen atoms in total. The second-order valence-electron chi connectivity index (χ2n) is 5.31. The lowest BCUT2D eigenvalue weighted by Crippen LogP contribution is -2.12. The Hall–Kier alpha value is -2.15. The van der Waals surface area contributed by atoms with E-state index in [1.807, 2.05) is 36.4 Å². The smallest absolute Gasteiger partial charge is 0.0883 e. The third-order valence-electron chi connectivity index (χ3n) is 4.10. The molecule has 4 aromatic rings. The molecule has 6 radical (unpaired) electrons. The molecule has 90 valence electrons. The molecule has 0 aliphatic heterocycles. The number of benzene rings is 4. The van der Waals surface area contributed by atoms with Crippen molar-refractivity contribution >= 4 is 72.2 Å². The van der Waals surface area contributed by atoms with Crippen LogP contribution < -0.4 is 16.4 Å². The summed E-state index contributed by atoms with van der Waals surface area (Å²) in [6, 6.07) is 17.8. The second-order valence-corrected chi connectivity index (χ2v) is 5.31. The molecule has 0 unspecified atom stereocenters. The van der Waals surface area contributed by atoms with Crippen LogP contribution in [-0.2, 0) is 0 Å². The summed E-state index contributed by atoms with van der Waals surface area (Å²) in [6.45, 7) is 0. The molecule has 0 spiro atoms. The van der Waals surface area contributed by atoms with Crippen molar-refractivity contribution in [2.75, 3.05) is 0 Å². The Balaban J connectivity index is 2.51. The van der Waals surface area contributed by atoms with Crippen molar-refractivity contribution in [2.24, 2.45) is 0 Å². The van der Waals surface area contributed by atoms with E-state index in [9.17, 15) is 0 Å². The fourth-order valence-electron chi connectivity index (χ4n) is 3.24. The first kappa shape index (κ1) is 12.6. The number of fused-ring (bicyclic) bond motifs is 6. The van der Waals surface area contributed by atoms with Gasteiger partial charge >= 0.3 is 0 Å². The highest BCUT2D eigenvalue weighted by molar-refractivity contribution is 6.51. The highest BCUT2D eigenvalue weighted by Crippen LogP contribution is 2.31. The minimum Gasteiger partial charge on any atom is -0.0883 e.